The van der Waals surface area contributed by atoms with E-state index in [9.17, 15) is 4.79 Å². The number of rotatable bonds is 2. The molecule has 1 aliphatic heterocycles. The van der Waals surface area contributed by atoms with Gasteiger partial charge >= 0.3 is 6.03 Å². The molecule has 1 aliphatic rings. The first-order valence-corrected chi connectivity index (χ1v) is 6.84. The third-order valence-corrected chi connectivity index (χ3v) is 3.65. The zero-order chi connectivity index (χ0) is 11.2. The van der Waals surface area contributed by atoms with Gasteiger partial charge in [-0.2, -0.15) is 11.3 Å². The zero-order valence-electron chi connectivity index (χ0n) is 9.45. The number of thiophene rings is 1. The standard InChI is InChI=1S/C12H18N2OS/c15-12(13-9-11-5-8-16-10-11)14-6-3-1-2-4-7-14/h5,8,10H,1-4,6-7,9H2,(H,13,15). The summed E-state index contributed by atoms with van der Waals surface area (Å²) >= 11 is 1.67. The summed E-state index contributed by atoms with van der Waals surface area (Å²) in [4.78, 5) is 13.8. The first-order valence-electron chi connectivity index (χ1n) is 5.90. The topological polar surface area (TPSA) is 32.3 Å². The van der Waals surface area contributed by atoms with Crippen molar-refractivity contribution in [1.29, 1.82) is 0 Å². The van der Waals surface area contributed by atoms with Crippen molar-refractivity contribution < 1.29 is 4.79 Å². The molecule has 4 heteroatoms. The predicted octanol–water partition coefficient (Wildman–Crippen LogP) is 2.83. The molecule has 0 radical (unpaired) electrons. The maximum Gasteiger partial charge on any atom is 0.317 e. The molecule has 0 saturated carbocycles. The minimum atomic E-state index is 0.0908. The maximum atomic E-state index is 11.9. The number of nitrogens with one attached hydrogen (secondary N) is 1. The summed E-state index contributed by atoms with van der Waals surface area (Å²) in [5.41, 5.74) is 1.19. The highest BCUT2D eigenvalue weighted by Gasteiger charge is 2.14. The lowest BCUT2D eigenvalue weighted by Crippen LogP contribution is -2.40. The fourth-order valence-corrected chi connectivity index (χ4v) is 2.63. The van der Waals surface area contributed by atoms with Gasteiger partial charge in [0.15, 0.2) is 0 Å². The number of urea groups is 1. The molecule has 1 aromatic rings. The van der Waals surface area contributed by atoms with Crippen LogP contribution in [-0.2, 0) is 6.54 Å². The van der Waals surface area contributed by atoms with E-state index in [-0.39, 0.29) is 6.03 Å². The smallest absolute Gasteiger partial charge is 0.317 e. The number of likely N-dealkylation sites (tertiary alicyclic amines) is 1. The van der Waals surface area contributed by atoms with Crippen LogP contribution in [0.1, 0.15) is 31.2 Å². The Hall–Kier alpha value is -1.03. The number of hydrogen-bond donors (Lipinski definition) is 1. The van der Waals surface area contributed by atoms with Crippen LogP contribution in [0.15, 0.2) is 16.8 Å². The van der Waals surface area contributed by atoms with Crippen molar-refractivity contribution in [3.05, 3.63) is 22.4 Å². The summed E-state index contributed by atoms with van der Waals surface area (Å²) < 4.78 is 0. The van der Waals surface area contributed by atoms with Gasteiger partial charge in [-0.05, 0) is 35.2 Å². The van der Waals surface area contributed by atoms with Gasteiger partial charge in [0.05, 0.1) is 0 Å². The van der Waals surface area contributed by atoms with E-state index in [1.165, 1.54) is 18.4 Å². The molecule has 16 heavy (non-hydrogen) atoms. The molecule has 0 aliphatic carbocycles. The Labute approximate surface area is 100 Å². The largest absolute Gasteiger partial charge is 0.334 e. The van der Waals surface area contributed by atoms with Crippen LogP contribution < -0.4 is 5.32 Å². The van der Waals surface area contributed by atoms with E-state index >= 15 is 0 Å². The van der Waals surface area contributed by atoms with Gasteiger partial charge in [-0.15, -0.1) is 0 Å². The summed E-state index contributed by atoms with van der Waals surface area (Å²) in [6, 6.07) is 2.14. The fourth-order valence-electron chi connectivity index (χ4n) is 1.96. The number of amides is 2. The van der Waals surface area contributed by atoms with Crippen LogP contribution in [0, 0.1) is 0 Å². The molecule has 0 atom stereocenters. The van der Waals surface area contributed by atoms with Gasteiger partial charge in [-0.25, -0.2) is 4.79 Å². The summed E-state index contributed by atoms with van der Waals surface area (Å²) in [5.74, 6) is 0. The van der Waals surface area contributed by atoms with Crippen LogP contribution in [0.4, 0.5) is 4.79 Å². The first-order chi connectivity index (χ1) is 7.86. The van der Waals surface area contributed by atoms with Gasteiger partial charge in [-0.1, -0.05) is 12.8 Å². The van der Waals surface area contributed by atoms with Crippen molar-refractivity contribution in [2.75, 3.05) is 13.1 Å². The Kier molecular flexibility index (Phi) is 4.22. The molecular weight excluding hydrogens is 220 g/mol. The van der Waals surface area contributed by atoms with Gasteiger partial charge < -0.3 is 10.2 Å². The van der Waals surface area contributed by atoms with Crippen molar-refractivity contribution in [1.82, 2.24) is 10.2 Å². The third-order valence-electron chi connectivity index (χ3n) is 2.92. The molecule has 3 nitrogen and oxygen atoms in total. The first kappa shape index (κ1) is 11.5. The van der Waals surface area contributed by atoms with Crippen LogP contribution in [0.2, 0.25) is 0 Å². The van der Waals surface area contributed by atoms with Crippen molar-refractivity contribution in [2.24, 2.45) is 0 Å². The van der Waals surface area contributed by atoms with Crippen molar-refractivity contribution in [3.8, 4) is 0 Å². The molecule has 1 N–H and O–H groups in total. The second-order valence-corrected chi connectivity index (χ2v) is 4.97. The average Bonchev–Trinajstić information content (AvgIpc) is 2.66. The highest BCUT2D eigenvalue weighted by molar-refractivity contribution is 7.07. The molecule has 2 rings (SSSR count). The van der Waals surface area contributed by atoms with Crippen LogP contribution >= 0.6 is 11.3 Å². The van der Waals surface area contributed by atoms with Gasteiger partial charge in [0, 0.05) is 19.6 Å². The van der Waals surface area contributed by atoms with E-state index in [2.05, 4.69) is 10.7 Å². The van der Waals surface area contributed by atoms with Crippen molar-refractivity contribution >= 4 is 17.4 Å². The number of carbonyl (C=O) groups is 1. The van der Waals surface area contributed by atoms with Gasteiger partial charge in [-0.3, -0.25) is 0 Å². The minimum Gasteiger partial charge on any atom is -0.334 e. The van der Waals surface area contributed by atoms with E-state index < -0.39 is 0 Å². The Balaban J connectivity index is 1.78. The van der Waals surface area contributed by atoms with Crippen molar-refractivity contribution in [2.45, 2.75) is 32.2 Å². The lowest BCUT2D eigenvalue weighted by Gasteiger charge is -2.20. The maximum absolute atomic E-state index is 11.9. The molecule has 0 spiro atoms. The van der Waals surface area contributed by atoms with Gasteiger partial charge in [0.2, 0.25) is 0 Å². The van der Waals surface area contributed by atoms with Crippen molar-refractivity contribution in [3.63, 3.8) is 0 Å². The molecule has 0 bridgehead atoms. The normalized spacial score (nSPS) is 16.9. The highest BCUT2D eigenvalue weighted by atomic mass is 32.1. The van der Waals surface area contributed by atoms with Gasteiger partial charge in [0.1, 0.15) is 0 Å². The van der Waals surface area contributed by atoms with Crippen LogP contribution in [0.25, 0.3) is 0 Å². The molecule has 2 amide bonds. The average molecular weight is 238 g/mol. The molecule has 2 heterocycles. The molecule has 1 fully saturated rings. The van der Waals surface area contributed by atoms with E-state index in [0.29, 0.717) is 6.54 Å². The number of carbonyl (C=O) groups excluding carboxylic acids is 1. The summed E-state index contributed by atoms with van der Waals surface area (Å²) in [6.45, 7) is 2.48. The Morgan fingerprint density at radius 1 is 1.31 bits per heavy atom. The molecule has 88 valence electrons. The van der Waals surface area contributed by atoms with E-state index in [1.807, 2.05) is 16.3 Å². The van der Waals surface area contributed by atoms with E-state index in [4.69, 9.17) is 0 Å². The highest BCUT2D eigenvalue weighted by Crippen LogP contribution is 2.10. The van der Waals surface area contributed by atoms with Crippen LogP contribution in [0.5, 0.6) is 0 Å². The second-order valence-electron chi connectivity index (χ2n) is 4.19. The molecule has 1 saturated heterocycles. The fraction of sp³-hybridized carbons (Fsp3) is 0.583. The molecule has 0 unspecified atom stereocenters. The number of hydrogen-bond acceptors (Lipinski definition) is 2. The monoisotopic (exact) mass is 238 g/mol. The SMILES string of the molecule is O=C(NCc1ccsc1)N1CCCCCC1. The van der Waals surface area contributed by atoms with Crippen LogP contribution in [-0.4, -0.2) is 24.0 Å². The second kappa shape index (κ2) is 5.89. The lowest BCUT2D eigenvalue weighted by atomic mass is 10.2. The predicted molar refractivity (Wildman–Crippen MR) is 66.6 cm³/mol. The summed E-state index contributed by atoms with van der Waals surface area (Å²) in [7, 11) is 0. The van der Waals surface area contributed by atoms with E-state index in [0.717, 1.165) is 25.9 Å². The Morgan fingerprint density at radius 2 is 2.06 bits per heavy atom. The third kappa shape index (κ3) is 3.23. The van der Waals surface area contributed by atoms with Crippen LogP contribution in [0.3, 0.4) is 0 Å². The van der Waals surface area contributed by atoms with Gasteiger partial charge in [0.25, 0.3) is 0 Å². The molecular formula is C12H18N2OS. The minimum absolute atomic E-state index is 0.0908. The molecule has 0 aromatic carbocycles. The molecule has 1 aromatic heterocycles. The Morgan fingerprint density at radius 3 is 2.69 bits per heavy atom. The lowest BCUT2D eigenvalue weighted by molar-refractivity contribution is 0.199. The Bertz CT molecular complexity index is 316. The van der Waals surface area contributed by atoms with E-state index in [1.54, 1.807) is 11.3 Å². The quantitative estimate of drug-likeness (QED) is 0.844. The zero-order valence-corrected chi connectivity index (χ0v) is 10.3. The number of nitrogens with zero attached hydrogens (tertiary/aromatic N) is 1. The summed E-state index contributed by atoms with van der Waals surface area (Å²) in [6.07, 6.45) is 4.81. The summed E-state index contributed by atoms with van der Waals surface area (Å²) in [5, 5.41) is 7.08.